The molecule has 0 bridgehead atoms. The first-order chi connectivity index (χ1) is 13.1. The standard InChI is InChI=1S/C22H19FN2OS/c1-15(16-7-3-2-4-8-16)24-21(26)20-13-17-11-12-27-22(17)25(20)14-18-9-5-6-10-19(18)23/h2-13,15H,14H2,1H3,(H,24,26)/t15-/m0/s1. The lowest BCUT2D eigenvalue weighted by molar-refractivity contribution is 0.0931. The Balaban J connectivity index is 1.66. The molecule has 0 aliphatic rings. The van der Waals surface area contributed by atoms with E-state index >= 15 is 0 Å². The van der Waals surface area contributed by atoms with E-state index in [1.807, 2.05) is 65.4 Å². The first kappa shape index (κ1) is 17.5. The maximum absolute atomic E-state index is 14.2. The van der Waals surface area contributed by atoms with Crippen molar-refractivity contribution in [3.8, 4) is 0 Å². The first-order valence-electron chi connectivity index (χ1n) is 8.79. The van der Waals surface area contributed by atoms with Gasteiger partial charge in [-0.15, -0.1) is 11.3 Å². The maximum Gasteiger partial charge on any atom is 0.268 e. The second-order valence-electron chi connectivity index (χ2n) is 6.49. The summed E-state index contributed by atoms with van der Waals surface area (Å²) >= 11 is 1.55. The molecule has 2 aromatic heterocycles. The molecule has 1 amide bonds. The van der Waals surface area contributed by atoms with Crippen LogP contribution in [0.1, 0.15) is 34.6 Å². The second-order valence-corrected chi connectivity index (χ2v) is 7.39. The van der Waals surface area contributed by atoms with Crippen LogP contribution in [0.25, 0.3) is 10.2 Å². The topological polar surface area (TPSA) is 34.0 Å². The Kier molecular flexibility index (Phi) is 4.77. The van der Waals surface area contributed by atoms with Crippen molar-refractivity contribution < 1.29 is 9.18 Å². The number of hydrogen-bond donors (Lipinski definition) is 1. The van der Waals surface area contributed by atoms with Gasteiger partial charge in [-0.1, -0.05) is 48.5 Å². The van der Waals surface area contributed by atoms with Crippen LogP contribution >= 0.6 is 11.3 Å². The van der Waals surface area contributed by atoms with E-state index in [9.17, 15) is 9.18 Å². The number of thiophene rings is 1. The predicted molar refractivity (Wildman–Crippen MR) is 108 cm³/mol. The smallest absolute Gasteiger partial charge is 0.268 e. The van der Waals surface area contributed by atoms with Crippen LogP contribution in [-0.4, -0.2) is 10.5 Å². The van der Waals surface area contributed by atoms with Crippen LogP contribution in [0.4, 0.5) is 4.39 Å². The van der Waals surface area contributed by atoms with Gasteiger partial charge in [-0.05, 0) is 36.1 Å². The number of hydrogen-bond acceptors (Lipinski definition) is 2. The van der Waals surface area contributed by atoms with Crippen molar-refractivity contribution >= 4 is 27.5 Å². The fourth-order valence-corrected chi connectivity index (χ4v) is 4.11. The molecule has 0 fully saturated rings. The highest BCUT2D eigenvalue weighted by Gasteiger charge is 2.19. The molecule has 4 rings (SSSR count). The normalized spacial score (nSPS) is 12.2. The molecule has 0 spiro atoms. The summed E-state index contributed by atoms with van der Waals surface area (Å²) in [7, 11) is 0. The lowest BCUT2D eigenvalue weighted by Gasteiger charge is -2.16. The number of rotatable bonds is 5. The zero-order valence-electron chi connectivity index (χ0n) is 14.9. The van der Waals surface area contributed by atoms with E-state index in [1.165, 1.54) is 6.07 Å². The minimum Gasteiger partial charge on any atom is -0.344 e. The number of carbonyl (C=O) groups is 1. The summed E-state index contributed by atoms with van der Waals surface area (Å²) in [6.45, 7) is 2.28. The van der Waals surface area contributed by atoms with E-state index in [-0.39, 0.29) is 17.8 Å². The van der Waals surface area contributed by atoms with Gasteiger partial charge < -0.3 is 9.88 Å². The average molecular weight is 378 g/mol. The molecule has 2 aromatic carbocycles. The molecular formula is C22H19FN2OS. The molecule has 0 unspecified atom stereocenters. The van der Waals surface area contributed by atoms with Gasteiger partial charge in [0.15, 0.2) is 0 Å². The van der Waals surface area contributed by atoms with E-state index in [0.717, 1.165) is 15.8 Å². The highest BCUT2D eigenvalue weighted by Crippen LogP contribution is 2.27. The molecule has 0 saturated heterocycles. The van der Waals surface area contributed by atoms with Gasteiger partial charge in [0.2, 0.25) is 0 Å². The molecule has 0 aliphatic carbocycles. The molecular weight excluding hydrogens is 359 g/mol. The van der Waals surface area contributed by atoms with Crippen molar-refractivity contribution in [2.45, 2.75) is 19.5 Å². The lowest BCUT2D eigenvalue weighted by atomic mass is 10.1. The molecule has 0 saturated carbocycles. The third-order valence-electron chi connectivity index (χ3n) is 4.67. The van der Waals surface area contributed by atoms with Crippen molar-refractivity contribution in [3.63, 3.8) is 0 Å². The Bertz CT molecular complexity index is 1080. The van der Waals surface area contributed by atoms with Crippen LogP contribution in [0.3, 0.4) is 0 Å². The fourth-order valence-electron chi connectivity index (χ4n) is 3.21. The molecule has 2 heterocycles. The summed E-state index contributed by atoms with van der Waals surface area (Å²) in [4.78, 5) is 13.9. The number of aromatic nitrogens is 1. The van der Waals surface area contributed by atoms with E-state index in [0.29, 0.717) is 17.8 Å². The van der Waals surface area contributed by atoms with Crippen molar-refractivity contribution in [3.05, 3.63) is 94.7 Å². The molecule has 0 radical (unpaired) electrons. The van der Waals surface area contributed by atoms with Crippen molar-refractivity contribution in [1.29, 1.82) is 0 Å². The number of nitrogens with zero attached hydrogens (tertiary/aromatic N) is 1. The number of fused-ring (bicyclic) bond motifs is 1. The van der Waals surface area contributed by atoms with Crippen molar-refractivity contribution in [1.82, 2.24) is 9.88 Å². The van der Waals surface area contributed by atoms with Gasteiger partial charge >= 0.3 is 0 Å². The summed E-state index contributed by atoms with van der Waals surface area (Å²) in [6.07, 6.45) is 0. The summed E-state index contributed by atoms with van der Waals surface area (Å²) in [5.41, 5.74) is 2.15. The number of halogens is 1. The third-order valence-corrected chi connectivity index (χ3v) is 5.62. The molecule has 4 aromatic rings. The zero-order chi connectivity index (χ0) is 18.8. The summed E-state index contributed by atoms with van der Waals surface area (Å²) in [5, 5.41) is 6.03. The van der Waals surface area contributed by atoms with Crippen LogP contribution in [0.2, 0.25) is 0 Å². The molecule has 1 atom stereocenters. The van der Waals surface area contributed by atoms with Crippen LogP contribution < -0.4 is 5.32 Å². The zero-order valence-corrected chi connectivity index (χ0v) is 15.7. The molecule has 0 aliphatic heterocycles. The van der Waals surface area contributed by atoms with Gasteiger partial charge in [-0.25, -0.2) is 4.39 Å². The number of amides is 1. The Hall–Kier alpha value is -2.92. The lowest BCUT2D eigenvalue weighted by Crippen LogP contribution is -2.28. The minimum atomic E-state index is -0.264. The molecule has 1 N–H and O–H groups in total. The fraction of sp³-hybridized carbons (Fsp3) is 0.136. The van der Waals surface area contributed by atoms with E-state index in [4.69, 9.17) is 0 Å². The van der Waals surface area contributed by atoms with Crippen LogP contribution in [-0.2, 0) is 6.54 Å². The highest BCUT2D eigenvalue weighted by atomic mass is 32.1. The van der Waals surface area contributed by atoms with Crippen LogP contribution in [0, 0.1) is 5.82 Å². The minimum absolute atomic E-state index is 0.117. The Morgan fingerprint density at radius 3 is 2.63 bits per heavy atom. The predicted octanol–water partition coefficient (Wildman–Crippen LogP) is 5.38. The van der Waals surface area contributed by atoms with Crippen LogP contribution in [0.15, 0.2) is 72.1 Å². The van der Waals surface area contributed by atoms with Gasteiger partial charge in [0.25, 0.3) is 5.91 Å². The van der Waals surface area contributed by atoms with Gasteiger partial charge in [0.1, 0.15) is 16.3 Å². The molecule has 27 heavy (non-hydrogen) atoms. The monoisotopic (exact) mass is 378 g/mol. The van der Waals surface area contributed by atoms with Gasteiger partial charge in [0, 0.05) is 10.9 Å². The molecule has 136 valence electrons. The maximum atomic E-state index is 14.2. The van der Waals surface area contributed by atoms with Gasteiger partial charge in [-0.2, -0.15) is 0 Å². The SMILES string of the molecule is C[C@H](NC(=O)c1cc2ccsc2n1Cc1ccccc1F)c1ccccc1. The number of carbonyl (C=O) groups excluding carboxylic acids is 1. The largest absolute Gasteiger partial charge is 0.344 e. The van der Waals surface area contributed by atoms with E-state index < -0.39 is 0 Å². The van der Waals surface area contributed by atoms with Crippen molar-refractivity contribution in [2.75, 3.05) is 0 Å². The van der Waals surface area contributed by atoms with Crippen molar-refractivity contribution in [2.24, 2.45) is 0 Å². The van der Waals surface area contributed by atoms with Gasteiger partial charge in [-0.3, -0.25) is 4.79 Å². The summed E-state index contributed by atoms with van der Waals surface area (Å²) < 4.78 is 16.1. The quantitative estimate of drug-likeness (QED) is 0.497. The summed E-state index contributed by atoms with van der Waals surface area (Å²) in [6, 6.07) is 20.3. The summed E-state index contributed by atoms with van der Waals surface area (Å²) in [5.74, 6) is -0.425. The number of benzene rings is 2. The third kappa shape index (κ3) is 3.51. The van der Waals surface area contributed by atoms with E-state index in [2.05, 4.69) is 5.32 Å². The Labute approximate surface area is 161 Å². The van der Waals surface area contributed by atoms with E-state index in [1.54, 1.807) is 23.5 Å². The molecule has 3 nitrogen and oxygen atoms in total. The average Bonchev–Trinajstić information content (AvgIpc) is 3.27. The van der Waals surface area contributed by atoms with Gasteiger partial charge in [0.05, 0.1) is 12.6 Å². The number of nitrogens with one attached hydrogen (secondary N) is 1. The Morgan fingerprint density at radius 1 is 1.11 bits per heavy atom. The second kappa shape index (κ2) is 7.37. The Morgan fingerprint density at radius 2 is 1.85 bits per heavy atom. The first-order valence-corrected chi connectivity index (χ1v) is 9.67. The highest BCUT2D eigenvalue weighted by molar-refractivity contribution is 7.16. The molecule has 5 heteroatoms. The van der Waals surface area contributed by atoms with Crippen LogP contribution in [0.5, 0.6) is 0 Å².